The van der Waals surface area contributed by atoms with Gasteiger partial charge in [-0.2, -0.15) is 0 Å². The molecule has 43 heavy (non-hydrogen) atoms. The standard InChI is InChI=1S/C20H16N2O2S.C14H10BrNOS/c1-13-21-19-17(25-13)10-9-16(14-8-11-18(23)22(2)12-14)20(19)24-15-6-4-3-5-7-15;1-9-16-13-12(18-9)8-7-11(15)14(13)17-10-5-3-2-4-6-10/h3-12H,1-2H3;2-8H,1H3. The highest BCUT2D eigenvalue weighted by Crippen LogP contribution is 2.41. The van der Waals surface area contributed by atoms with Crippen LogP contribution >= 0.6 is 38.6 Å². The van der Waals surface area contributed by atoms with Crippen LogP contribution in [0.2, 0.25) is 0 Å². The Morgan fingerprint density at radius 1 is 0.674 bits per heavy atom. The van der Waals surface area contributed by atoms with Gasteiger partial charge in [0.1, 0.15) is 22.5 Å². The summed E-state index contributed by atoms with van der Waals surface area (Å²) in [5, 5.41) is 2.03. The fourth-order valence-corrected chi connectivity index (χ4v) is 6.58. The van der Waals surface area contributed by atoms with Crippen LogP contribution in [-0.2, 0) is 7.05 Å². The SMILES string of the molecule is Cc1nc2c(Oc3ccccc3)c(-c3ccc(=O)n(C)c3)ccc2s1.Cc1nc2c(Oc3ccccc3)c(Br)ccc2s1. The third kappa shape index (κ3) is 6.39. The lowest BCUT2D eigenvalue weighted by Crippen LogP contribution is -2.14. The molecule has 0 aliphatic carbocycles. The maximum atomic E-state index is 11.7. The third-order valence-electron chi connectivity index (χ3n) is 6.52. The summed E-state index contributed by atoms with van der Waals surface area (Å²) in [5.74, 6) is 3.07. The molecule has 3 aromatic heterocycles. The molecule has 214 valence electrons. The Bertz CT molecular complexity index is 2110. The second-order valence-electron chi connectivity index (χ2n) is 9.68. The van der Waals surface area contributed by atoms with Crippen molar-refractivity contribution in [3.8, 4) is 34.1 Å². The maximum absolute atomic E-state index is 11.7. The summed E-state index contributed by atoms with van der Waals surface area (Å²) in [4.78, 5) is 20.9. The van der Waals surface area contributed by atoms with E-state index in [1.54, 1.807) is 40.4 Å². The second kappa shape index (κ2) is 12.5. The number of rotatable bonds is 5. The number of ether oxygens (including phenoxy) is 2. The molecular formula is C34H26BrN3O3S2. The van der Waals surface area contributed by atoms with Crippen LogP contribution in [0.25, 0.3) is 31.6 Å². The Labute approximate surface area is 265 Å². The van der Waals surface area contributed by atoms with Crippen molar-refractivity contribution < 1.29 is 9.47 Å². The lowest BCUT2D eigenvalue weighted by Gasteiger charge is -2.13. The molecule has 0 atom stereocenters. The highest BCUT2D eigenvalue weighted by molar-refractivity contribution is 9.10. The molecule has 0 aliphatic heterocycles. The van der Waals surface area contributed by atoms with Gasteiger partial charge in [-0.05, 0) is 84.4 Å². The molecule has 4 aromatic carbocycles. The van der Waals surface area contributed by atoms with E-state index < -0.39 is 0 Å². The lowest BCUT2D eigenvalue weighted by molar-refractivity contribution is 0.484. The zero-order valence-corrected chi connectivity index (χ0v) is 26.8. The molecule has 0 amide bonds. The number of para-hydroxylation sites is 2. The van der Waals surface area contributed by atoms with Crippen LogP contribution in [-0.4, -0.2) is 14.5 Å². The van der Waals surface area contributed by atoms with Crippen molar-refractivity contribution in [2.75, 3.05) is 0 Å². The molecule has 3 heterocycles. The van der Waals surface area contributed by atoms with Gasteiger partial charge in [0.05, 0.1) is 23.9 Å². The van der Waals surface area contributed by atoms with Gasteiger partial charge in [-0.3, -0.25) is 4.79 Å². The summed E-state index contributed by atoms with van der Waals surface area (Å²) in [7, 11) is 1.75. The van der Waals surface area contributed by atoms with Gasteiger partial charge in [0.25, 0.3) is 0 Å². The van der Waals surface area contributed by atoms with Crippen LogP contribution in [0, 0.1) is 13.8 Å². The van der Waals surface area contributed by atoms with Crippen LogP contribution < -0.4 is 15.0 Å². The molecule has 0 fully saturated rings. The van der Waals surface area contributed by atoms with Crippen LogP contribution in [0.3, 0.4) is 0 Å². The van der Waals surface area contributed by atoms with E-state index in [4.69, 9.17) is 9.47 Å². The molecule has 0 spiro atoms. The van der Waals surface area contributed by atoms with Crippen molar-refractivity contribution in [1.29, 1.82) is 0 Å². The highest BCUT2D eigenvalue weighted by Gasteiger charge is 2.16. The first-order valence-corrected chi connectivity index (χ1v) is 15.9. The molecular weight excluding hydrogens is 642 g/mol. The van der Waals surface area contributed by atoms with E-state index in [1.807, 2.05) is 98.9 Å². The number of benzene rings is 4. The van der Waals surface area contributed by atoms with Gasteiger partial charge >= 0.3 is 0 Å². The van der Waals surface area contributed by atoms with Gasteiger partial charge in [-0.25, -0.2) is 9.97 Å². The van der Waals surface area contributed by atoms with Crippen LogP contribution in [0.5, 0.6) is 23.0 Å². The zero-order chi connectivity index (χ0) is 29.9. The van der Waals surface area contributed by atoms with E-state index >= 15 is 0 Å². The number of aryl methyl sites for hydroxylation is 3. The van der Waals surface area contributed by atoms with Gasteiger partial charge < -0.3 is 14.0 Å². The van der Waals surface area contributed by atoms with Crippen molar-refractivity contribution >= 4 is 59.0 Å². The average Bonchev–Trinajstić information content (AvgIpc) is 3.59. The van der Waals surface area contributed by atoms with E-state index in [0.717, 1.165) is 63.3 Å². The molecule has 7 rings (SSSR count). The first kappa shape index (κ1) is 28.8. The third-order valence-corrected chi connectivity index (χ3v) is 9.01. The van der Waals surface area contributed by atoms with Crippen molar-refractivity contribution in [3.05, 3.63) is 128 Å². The molecule has 0 saturated carbocycles. The topological polar surface area (TPSA) is 66.2 Å². The molecule has 7 aromatic rings. The summed E-state index contributed by atoms with van der Waals surface area (Å²) in [6.07, 6.45) is 1.82. The minimum Gasteiger partial charge on any atom is -0.454 e. The van der Waals surface area contributed by atoms with Gasteiger partial charge in [0.2, 0.25) is 5.56 Å². The van der Waals surface area contributed by atoms with E-state index in [9.17, 15) is 4.79 Å². The Balaban J connectivity index is 0.000000162. The van der Waals surface area contributed by atoms with Crippen LogP contribution in [0.1, 0.15) is 10.0 Å². The van der Waals surface area contributed by atoms with E-state index in [-0.39, 0.29) is 5.56 Å². The Morgan fingerprint density at radius 3 is 1.79 bits per heavy atom. The molecule has 0 N–H and O–H groups in total. The van der Waals surface area contributed by atoms with Gasteiger partial charge in [0.15, 0.2) is 11.5 Å². The van der Waals surface area contributed by atoms with Gasteiger partial charge in [-0.1, -0.05) is 36.4 Å². The highest BCUT2D eigenvalue weighted by atomic mass is 79.9. The minimum atomic E-state index is -0.0418. The number of halogens is 1. The van der Waals surface area contributed by atoms with Gasteiger partial charge in [0, 0.05) is 30.4 Å². The molecule has 0 saturated heterocycles. The lowest BCUT2D eigenvalue weighted by atomic mass is 10.1. The van der Waals surface area contributed by atoms with E-state index in [0.29, 0.717) is 5.75 Å². The predicted octanol–water partition coefficient (Wildman–Crippen LogP) is 9.92. The first-order chi connectivity index (χ1) is 20.9. The molecule has 0 radical (unpaired) electrons. The van der Waals surface area contributed by atoms with E-state index in [2.05, 4.69) is 38.0 Å². The number of fused-ring (bicyclic) bond motifs is 2. The fourth-order valence-electron chi connectivity index (χ4n) is 4.53. The normalized spacial score (nSPS) is 10.9. The largest absolute Gasteiger partial charge is 0.454 e. The average molecular weight is 669 g/mol. The molecule has 0 aliphatic rings. The van der Waals surface area contributed by atoms with Crippen molar-refractivity contribution in [2.24, 2.45) is 7.05 Å². The molecule has 6 nitrogen and oxygen atoms in total. The van der Waals surface area contributed by atoms with Gasteiger partial charge in [-0.15, -0.1) is 22.7 Å². The minimum absolute atomic E-state index is 0.0418. The summed E-state index contributed by atoms with van der Waals surface area (Å²) >= 11 is 6.84. The number of thiazole rings is 2. The number of hydrogen-bond acceptors (Lipinski definition) is 7. The van der Waals surface area contributed by atoms with Crippen LogP contribution in [0.4, 0.5) is 0 Å². The summed E-state index contributed by atoms with van der Waals surface area (Å²) in [6.45, 7) is 3.99. The van der Waals surface area contributed by atoms with Crippen molar-refractivity contribution in [3.63, 3.8) is 0 Å². The summed E-state index contributed by atoms with van der Waals surface area (Å²) in [6, 6.07) is 30.9. The number of nitrogens with zero attached hydrogens (tertiary/aromatic N) is 3. The molecule has 9 heteroatoms. The number of aromatic nitrogens is 3. The Kier molecular flexibility index (Phi) is 8.38. The van der Waals surface area contributed by atoms with Crippen LogP contribution in [0.15, 0.2) is 113 Å². The van der Waals surface area contributed by atoms with E-state index in [1.165, 1.54) is 0 Å². The predicted molar refractivity (Wildman–Crippen MR) is 180 cm³/mol. The number of hydrogen-bond donors (Lipinski definition) is 0. The first-order valence-electron chi connectivity index (χ1n) is 13.4. The second-order valence-corrected chi connectivity index (χ2v) is 13.0. The monoisotopic (exact) mass is 667 g/mol. The maximum Gasteiger partial charge on any atom is 0.250 e. The fraction of sp³-hybridized carbons (Fsp3) is 0.0882. The number of pyridine rings is 1. The zero-order valence-electron chi connectivity index (χ0n) is 23.6. The quantitative estimate of drug-likeness (QED) is 0.183. The molecule has 0 bridgehead atoms. The molecule has 0 unspecified atom stereocenters. The van der Waals surface area contributed by atoms with Crippen molar-refractivity contribution in [1.82, 2.24) is 14.5 Å². The Hall–Kier alpha value is -4.31. The summed E-state index contributed by atoms with van der Waals surface area (Å²) < 4.78 is 16.9. The van der Waals surface area contributed by atoms with Crippen molar-refractivity contribution in [2.45, 2.75) is 13.8 Å². The summed E-state index contributed by atoms with van der Waals surface area (Å²) in [5.41, 5.74) is 3.55. The smallest absolute Gasteiger partial charge is 0.250 e. The Morgan fingerprint density at radius 2 is 1.21 bits per heavy atom.